The third-order valence-electron chi connectivity index (χ3n) is 4.07. The molecule has 0 aliphatic heterocycles. The molecule has 0 aliphatic rings. The van der Waals surface area contributed by atoms with Gasteiger partial charge in [0.15, 0.2) is 0 Å². The predicted molar refractivity (Wildman–Crippen MR) is 110 cm³/mol. The standard InChI is InChI=1S/C22H18FNO3S/c1-14-19(16-9-11-17(23)12-10-16)20(22(26)27-2)21(28-14)24-18(25)13-8-15-6-4-3-5-7-15/h3-13H,1-2H3,(H,24,25)/b13-8+. The number of nitrogens with one attached hydrogen (secondary N) is 1. The minimum Gasteiger partial charge on any atom is -0.465 e. The van der Waals surface area contributed by atoms with Crippen LogP contribution in [-0.2, 0) is 9.53 Å². The van der Waals surface area contributed by atoms with Crippen LogP contribution in [0.15, 0.2) is 60.7 Å². The van der Waals surface area contributed by atoms with Gasteiger partial charge in [-0.2, -0.15) is 0 Å². The van der Waals surface area contributed by atoms with Crippen molar-refractivity contribution in [3.63, 3.8) is 0 Å². The fourth-order valence-corrected chi connectivity index (χ4v) is 3.85. The number of amides is 1. The Hall–Kier alpha value is -3.25. The fraction of sp³-hybridized carbons (Fsp3) is 0.0909. The van der Waals surface area contributed by atoms with E-state index in [0.717, 1.165) is 10.4 Å². The number of carbonyl (C=O) groups excluding carboxylic acids is 2. The van der Waals surface area contributed by atoms with Crippen molar-refractivity contribution >= 4 is 34.3 Å². The van der Waals surface area contributed by atoms with Crippen LogP contribution in [0.5, 0.6) is 0 Å². The first-order valence-electron chi connectivity index (χ1n) is 8.51. The van der Waals surface area contributed by atoms with E-state index in [-0.39, 0.29) is 17.3 Å². The number of rotatable bonds is 5. The smallest absolute Gasteiger partial charge is 0.341 e. The van der Waals surface area contributed by atoms with E-state index in [1.54, 1.807) is 18.2 Å². The van der Waals surface area contributed by atoms with E-state index >= 15 is 0 Å². The average Bonchev–Trinajstić information content (AvgIpc) is 3.02. The maximum absolute atomic E-state index is 13.3. The van der Waals surface area contributed by atoms with Crippen molar-refractivity contribution < 1.29 is 18.7 Å². The van der Waals surface area contributed by atoms with Crippen LogP contribution in [0.1, 0.15) is 20.8 Å². The second kappa shape index (κ2) is 8.63. The van der Waals surface area contributed by atoms with Gasteiger partial charge in [0.1, 0.15) is 16.4 Å². The molecule has 4 nitrogen and oxygen atoms in total. The van der Waals surface area contributed by atoms with Crippen molar-refractivity contribution in [2.75, 3.05) is 12.4 Å². The Kier molecular flexibility index (Phi) is 6.01. The first-order chi connectivity index (χ1) is 13.5. The van der Waals surface area contributed by atoms with E-state index in [9.17, 15) is 14.0 Å². The summed E-state index contributed by atoms with van der Waals surface area (Å²) >= 11 is 1.27. The van der Waals surface area contributed by atoms with Gasteiger partial charge in [0, 0.05) is 16.5 Å². The van der Waals surface area contributed by atoms with Crippen LogP contribution >= 0.6 is 11.3 Å². The Labute approximate surface area is 166 Å². The molecule has 6 heteroatoms. The van der Waals surface area contributed by atoms with Gasteiger partial charge >= 0.3 is 5.97 Å². The Morgan fingerprint density at radius 3 is 2.39 bits per heavy atom. The molecule has 0 saturated carbocycles. The Morgan fingerprint density at radius 1 is 1.07 bits per heavy atom. The van der Waals surface area contributed by atoms with Crippen LogP contribution in [0.4, 0.5) is 9.39 Å². The molecule has 0 spiro atoms. The van der Waals surface area contributed by atoms with Crippen LogP contribution in [0.3, 0.4) is 0 Å². The summed E-state index contributed by atoms with van der Waals surface area (Å²) < 4.78 is 18.2. The third kappa shape index (κ3) is 4.35. The molecule has 0 radical (unpaired) electrons. The van der Waals surface area contributed by atoms with Crippen molar-refractivity contribution in [1.82, 2.24) is 0 Å². The summed E-state index contributed by atoms with van der Waals surface area (Å²) in [6, 6.07) is 15.3. The van der Waals surface area contributed by atoms with E-state index in [0.29, 0.717) is 16.1 Å². The molecule has 1 amide bonds. The maximum Gasteiger partial charge on any atom is 0.341 e. The molecular weight excluding hydrogens is 377 g/mol. The summed E-state index contributed by atoms with van der Waals surface area (Å²) in [5.41, 5.74) is 2.45. The molecule has 0 atom stereocenters. The molecule has 2 aromatic carbocycles. The van der Waals surface area contributed by atoms with Crippen molar-refractivity contribution in [3.05, 3.63) is 82.5 Å². The van der Waals surface area contributed by atoms with Gasteiger partial charge in [0.25, 0.3) is 0 Å². The number of carbonyl (C=O) groups is 2. The van der Waals surface area contributed by atoms with Crippen LogP contribution in [0.2, 0.25) is 0 Å². The highest BCUT2D eigenvalue weighted by atomic mass is 32.1. The lowest BCUT2D eigenvalue weighted by atomic mass is 10.0. The number of aryl methyl sites for hydroxylation is 1. The highest BCUT2D eigenvalue weighted by Crippen LogP contribution is 2.40. The summed E-state index contributed by atoms with van der Waals surface area (Å²) in [5.74, 6) is -1.29. The average molecular weight is 395 g/mol. The molecule has 1 N–H and O–H groups in total. The van der Waals surface area contributed by atoms with Gasteiger partial charge in [-0.05, 0) is 36.3 Å². The molecule has 142 valence electrons. The number of ether oxygens (including phenoxy) is 1. The number of anilines is 1. The molecule has 1 heterocycles. The zero-order valence-electron chi connectivity index (χ0n) is 15.4. The summed E-state index contributed by atoms with van der Waals surface area (Å²) in [7, 11) is 1.28. The van der Waals surface area contributed by atoms with Gasteiger partial charge in [-0.25, -0.2) is 9.18 Å². The molecule has 0 fully saturated rings. The normalized spacial score (nSPS) is 10.8. The molecular formula is C22H18FNO3S. The minimum absolute atomic E-state index is 0.262. The topological polar surface area (TPSA) is 55.4 Å². The first kappa shape index (κ1) is 19.5. The van der Waals surface area contributed by atoms with Crippen LogP contribution in [0, 0.1) is 12.7 Å². The van der Waals surface area contributed by atoms with Gasteiger partial charge in [-0.3, -0.25) is 4.79 Å². The lowest BCUT2D eigenvalue weighted by Crippen LogP contribution is -2.11. The van der Waals surface area contributed by atoms with E-state index in [2.05, 4.69) is 5.32 Å². The van der Waals surface area contributed by atoms with Crippen molar-refractivity contribution in [2.45, 2.75) is 6.92 Å². The SMILES string of the molecule is COC(=O)c1c(NC(=O)/C=C/c2ccccc2)sc(C)c1-c1ccc(F)cc1. The third-order valence-corrected chi connectivity index (χ3v) is 5.09. The lowest BCUT2D eigenvalue weighted by Gasteiger charge is -2.07. The number of hydrogen-bond acceptors (Lipinski definition) is 4. The van der Waals surface area contributed by atoms with E-state index in [1.165, 1.54) is 36.7 Å². The van der Waals surface area contributed by atoms with E-state index in [4.69, 9.17) is 4.74 Å². The van der Waals surface area contributed by atoms with E-state index < -0.39 is 5.97 Å². The summed E-state index contributed by atoms with van der Waals surface area (Å²) in [6.07, 6.45) is 3.09. The largest absolute Gasteiger partial charge is 0.465 e. The zero-order valence-corrected chi connectivity index (χ0v) is 16.2. The van der Waals surface area contributed by atoms with Crippen molar-refractivity contribution in [3.8, 4) is 11.1 Å². The predicted octanol–water partition coefficient (Wildman–Crippen LogP) is 5.30. The zero-order chi connectivity index (χ0) is 20.1. The molecule has 3 aromatic rings. The fourth-order valence-electron chi connectivity index (χ4n) is 2.78. The second-order valence-corrected chi connectivity index (χ2v) is 7.19. The number of esters is 1. The molecule has 3 rings (SSSR count). The summed E-state index contributed by atoms with van der Waals surface area (Å²) in [6.45, 7) is 1.84. The monoisotopic (exact) mass is 395 g/mol. The Balaban J connectivity index is 1.93. The molecule has 0 saturated heterocycles. The van der Waals surface area contributed by atoms with Gasteiger partial charge in [0.2, 0.25) is 5.91 Å². The van der Waals surface area contributed by atoms with Gasteiger partial charge in [-0.1, -0.05) is 42.5 Å². The molecule has 1 aromatic heterocycles. The highest BCUT2D eigenvalue weighted by Gasteiger charge is 2.24. The Morgan fingerprint density at radius 2 is 1.75 bits per heavy atom. The first-order valence-corrected chi connectivity index (χ1v) is 9.33. The quantitative estimate of drug-likeness (QED) is 0.471. The summed E-state index contributed by atoms with van der Waals surface area (Å²) in [5, 5.41) is 3.15. The molecule has 28 heavy (non-hydrogen) atoms. The molecule has 0 aliphatic carbocycles. The van der Waals surface area contributed by atoms with Crippen molar-refractivity contribution in [2.24, 2.45) is 0 Å². The number of thiophene rings is 1. The van der Waals surface area contributed by atoms with Crippen molar-refractivity contribution in [1.29, 1.82) is 0 Å². The number of benzene rings is 2. The maximum atomic E-state index is 13.3. The molecule has 0 unspecified atom stereocenters. The summed E-state index contributed by atoms with van der Waals surface area (Å²) in [4.78, 5) is 25.6. The van der Waals surface area contributed by atoms with Crippen LogP contribution in [-0.4, -0.2) is 19.0 Å². The number of hydrogen-bond donors (Lipinski definition) is 1. The van der Waals surface area contributed by atoms with Gasteiger partial charge in [0.05, 0.1) is 7.11 Å². The Bertz CT molecular complexity index is 1020. The molecule has 0 bridgehead atoms. The lowest BCUT2D eigenvalue weighted by molar-refractivity contribution is -0.111. The minimum atomic E-state index is -0.564. The highest BCUT2D eigenvalue weighted by molar-refractivity contribution is 7.17. The van der Waals surface area contributed by atoms with Crippen LogP contribution in [0.25, 0.3) is 17.2 Å². The van der Waals surface area contributed by atoms with Crippen LogP contribution < -0.4 is 5.32 Å². The number of halogens is 1. The second-order valence-electron chi connectivity index (χ2n) is 5.97. The van der Waals surface area contributed by atoms with Gasteiger partial charge in [-0.15, -0.1) is 11.3 Å². The van der Waals surface area contributed by atoms with Gasteiger partial charge < -0.3 is 10.1 Å². The van der Waals surface area contributed by atoms with E-state index in [1.807, 2.05) is 37.3 Å². The number of methoxy groups -OCH3 is 1.